The lowest BCUT2D eigenvalue weighted by atomic mass is 9.80. The van der Waals surface area contributed by atoms with Crippen molar-refractivity contribution in [3.8, 4) is 0 Å². The highest BCUT2D eigenvalue weighted by molar-refractivity contribution is 5.13. The molecule has 1 atom stereocenters. The first-order valence-corrected chi connectivity index (χ1v) is 6.35. The van der Waals surface area contributed by atoms with Crippen molar-refractivity contribution in [2.24, 2.45) is 5.41 Å². The average Bonchev–Trinajstić information content (AvgIpc) is 2.80. The van der Waals surface area contributed by atoms with E-state index in [0.717, 1.165) is 0 Å². The van der Waals surface area contributed by atoms with E-state index in [9.17, 15) is 5.11 Å². The molecule has 0 aliphatic rings. The summed E-state index contributed by atoms with van der Waals surface area (Å²) >= 11 is 0. The Balaban J connectivity index is 2.32. The largest absolute Gasteiger partial charge is 0.382 e. The van der Waals surface area contributed by atoms with Gasteiger partial charge in [-0.3, -0.25) is 4.98 Å². The first kappa shape index (κ1) is 13.7. The van der Waals surface area contributed by atoms with Gasteiger partial charge in [0, 0.05) is 6.20 Å². The van der Waals surface area contributed by atoms with Crippen molar-refractivity contribution in [2.75, 3.05) is 0 Å². The summed E-state index contributed by atoms with van der Waals surface area (Å²) in [6.45, 7) is 6.65. The second-order valence-electron chi connectivity index (χ2n) is 6.08. The van der Waals surface area contributed by atoms with Gasteiger partial charge in [-0.1, -0.05) is 26.8 Å². The van der Waals surface area contributed by atoms with E-state index in [1.807, 2.05) is 18.2 Å². The first-order valence-electron chi connectivity index (χ1n) is 6.35. The molecular formula is C14H20N4O. The van der Waals surface area contributed by atoms with Gasteiger partial charge in [0.05, 0.1) is 12.2 Å². The maximum Gasteiger partial charge on any atom is 0.137 e. The molecule has 0 saturated carbocycles. The van der Waals surface area contributed by atoms with Crippen LogP contribution in [0, 0.1) is 5.41 Å². The van der Waals surface area contributed by atoms with Crippen molar-refractivity contribution < 1.29 is 5.11 Å². The van der Waals surface area contributed by atoms with E-state index in [0.29, 0.717) is 18.7 Å². The van der Waals surface area contributed by atoms with Crippen LogP contribution in [0.2, 0.25) is 0 Å². The van der Waals surface area contributed by atoms with Crippen molar-refractivity contribution in [2.45, 2.75) is 39.3 Å². The molecule has 2 rings (SSSR count). The Kier molecular flexibility index (Phi) is 3.66. The number of hydrogen-bond acceptors (Lipinski definition) is 4. The molecule has 2 heterocycles. The van der Waals surface area contributed by atoms with Gasteiger partial charge >= 0.3 is 0 Å². The highest BCUT2D eigenvalue weighted by Gasteiger charge is 2.36. The Morgan fingerprint density at radius 2 is 2.05 bits per heavy atom. The van der Waals surface area contributed by atoms with Crippen molar-refractivity contribution >= 4 is 0 Å². The lowest BCUT2D eigenvalue weighted by molar-refractivity contribution is -0.0253. The van der Waals surface area contributed by atoms with Gasteiger partial charge in [-0.05, 0) is 24.0 Å². The fourth-order valence-electron chi connectivity index (χ4n) is 2.33. The fourth-order valence-corrected chi connectivity index (χ4v) is 2.33. The van der Waals surface area contributed by atoms with Gasteiger partial charge in [-0.15, -0.1) is 0 Å². The monoisotopic (exact) mass is 260 g/mol. The van der Waals surface area contributed by atoms with E-state index < -0.39 is 5.60 Å². The molecule has 0 fully saturated rings. The quantitative estimate of drug-likeness (QED) is 0.913. The van der Waals surface area contributed by atoms with Crippen LogP contribution in [0.15, 0.2) is 37.1 Å². The molecule has 0 unspecified atom stereocenters. The van der Waals surface area contributed by atoms with Crippen LogP contribution < -0.4 is 0 Å². The summed E-state index contributed by atoms with van der Waals surface area (Å²) in [5.74, 6) is 0. The number of pyridine rings is 1. The average molecular weight is 260 g/mol. The Labute approximate surface area is 113 Å². The van der Waals surface area contributed by atoms with Crippen LogP contribution in [0.4, 0.5) is 0 Å². The normalized spacial score (nSPS) is 15.2. The molecule has 2 aromatic heterocycles. The van der Waals surface area contributed by atoms with Crippen molar-refractivity contribution in [1.82, 2.24) is 19.7 Å². The topological polar surface area (TPSA) is 63.8 Å². The second kappa shape index (κ2) is 5.09. The van der Waals surface area contributed by atoms with E-state index in [-0.39, 0.29) is 5.41 Å². The smallest absolute Gasteiger partial charge is 0.137 e. The standard InChI is InChI=1S/C14H20N4O/c1-13(2,3)8-14(19,9-18-11-15-10-17-18)12-6-4-5-7-16-12/h4-7,10-11,19H,8-9H2,1-3H3/t14-/m0/s1. The molecule has 2 aromatic rings. The van der Waals surface area contributed by atoms with E-state index in [1.165, 1.54) is 6.33 Å². The fraction of sp³-hybridized carbons (Fsp3) is 0.500. The Morgan fingerprint density at radius 3 is 2.58 bits per heavy atom. The second-order valence-corrected chi connectivity index (χ2v) is 6.08. The van der Waals surface area contributed by atoms with Gasteiger partial charge in [-0.25, -0.2) is 9.67 Å². The number of hydrogen-bond donors (Lipinski definition) is 1. The maximum absolute atomic E-state index is 11.0. The minimum Gasteiger partial charge on any atom is -0.382 e. The minimum atomic E-state index is -1.05. The maximum atomic E-state index is 11.0. The van der Waals surface area contributed by atoms with E-state index in [4.69, 9.17) is 0 Å². The number of rotatable bonds is 4. The molecular weight excluding hydrogens is 240 g/mol. The lowest BCUT2D eigenvalue weighted by Gasteiger charge is -2.33. The Bertz CT molecular complexity index is 504. The van der Waals surface area contributed by atoms with Crippen molar-refractivity contribution in [1.29, 1.82) is 0 Å². The molecule has 0 spiro atoms. The molecule has 19 heavy (non-hydrogen) atoms. The third kappa shape index (κ3) is 3.61. The van der Waals surface area contributed by atoms with E-state index >= 15 is 0 Å². The van der Waals surface area contributed by atoms with Crippen LogP contribution in [-0.2, 0) is 12.1 Å². The van der Waals surface area contributed by atoms with Gasteiger partial charge in [0.2, 0.25) is 0 Å². The Hall–Kier alpha value is -1.75. The molecule has 1 N–H and O–H groups in total. The van der Waals surface area contributed by atoms with Crippen LogP contribution >= 0.6 is 0 Å². The van der Waals surface area contributed by atoms with Crippen molar-refractivity contribution in [3.05, 3.63) is 42.7 Å². The predicted molar refractivity (Wildman–Crippen MR) is 72.2 cm³/mol. The zero-order valence-corrected chi connectivity index (χ0v) is 11.6. The van der Waals surface area contributed by atoms with Crippen molar-refractivity contribution in [3.63, 3.8) is 0 Å². The Morgan fingerprint density at radius 1 is 1.26 bits per heavy atom. The summed E-state index contributed by atoms with van der Waals surface area (Å²) in [4.78, 5) is 8.22. The SMILES string of the molecule is CC(C)(C)C[C@](O)(Cn1cncn1)c1ccccn1. The summed E-state index contributed by atoms with van der Waals surface area (Å²) in [5.41, 5.74) is -0.402. The van der Waals surface area contributed by atoms with Gasteiger partial charge in [0.1, 0.15) is 18.3 Å². The molecule has 0 aliphatic carbocycles. The molecule has 0 bridgehead atoms. The molecule has 0 radical (unpaired) electrons. The predicted octanol–water partition coefficient (Wildman–Crippen LogP) is 2.00. The minimum absolute atomic E-state index is 0.0210. The molecule has 102 valence electrons. The molecule has 0 amide bonds. The molecule has 5 heteroatoms. The summed E-state index contributed by atoms with van der Waals surface area (Å²) in [5, 5.41) is 15.1. The molecule has 0 aromatic carbocycles. The van der Waals surface area contributed by atoms with Crippen LogP contribution in [0.25, 0.3) is 0 Å². The summed E-state index contributed by atoms with van der Waals surface area (Å²) < 4.78 is 1.64. The highest BCUT2D eigenvalue weighted by atomic mass is 16.3. The molecule has 5 nitrogen and oxygen atoms in total. The van der Waals surface area contributed by atoms with Crippen LogP contribution in [-0.4, -0.2) is 24.9 Å². The third-order valence-corrected chi connectivity index (χ3v) is 2.85. The summed E-state index contributed by atoms with van der Waals surface area (Å²) in [6, 6.07) is 5.58. The van der Waals surface area contributed by atoms with E-state index in [2.05, 4.69) is 35.8 Å². The number of nitrogens with zero attached hydrogens (tertiary/aromatic N) is 4. The van der Waals surface area contributed by atoms with Gasteiger partial charge in [0.25, 0.3) is 0 Å². The molecule has 0 saturated heterocycles. The zero-order valence-electron chi connectivity index (χ0n) is 11.6. The first-order chi connectivity index (χ1) is 8.89. The zero-order chi connectivity index (χ0) is 13.9. The molecule has 0 aliphatic heterocycles. The number of aromatic nitrogens is 4. The van der Waals surface area contributed by atoms with Gasteiger partial charge in [0.15, 0.2) is 0 Å². The van der Waals surface area contributed by atoms with Crippen LogP contribution in [0.5, 0.6) is 0 Å². The van der Waals surface area contributed by atoms with Crippen LogP contribution in [0.3, 0.4) is 0 Å². The highest BCUT2D eigenvalue weighted by Crippen LogP contribution is 2.34. The summed E-state index contributed by atoms with van der Waals surface area (Å²) in [6.07, 6.45) is 5.37. The van der Waals surface area contributed by atoms with Crippen LogP contribution in [0.1, 0.15) is 32.9 Å². The number of aliphatic hydroxyl groups is 1. The van der Waals surface area contributed by atoms with Gasteiger partial charge < -0.3 is 5.11 Å². The summed E-state index contributed by atoms with van der Waals surface area (Å²) in [7, 11) is 0. The lowest BCUT2D eigenvalue weighted by Crippen LogP contribution is -2.36. The third-order valence-electron chi connectivity index (χ3n) is 2.85. The van der Waals surface area contributed by atoms with E-state index in [1.54, 1.807) is 17.2 Å². The van der Waals surface area contributed by atoms with Gasteiger partial charge in [-0.2, -0.15) is 5.10 Å².